The molecule has 9 heteroatoms. The van der Waals surface area contributed by atoms with Gasteiger partial charge in [0.15, 0.2) is 3.79 Å². The Morgan fingerprint density at radius 1 is 1.30 bits per heavy atom. The van der Waals surface area contributed by atoms with Gasteiger partial charge < -0.3 is 20.3 Å². The standard InChI is InChI=1S/C21H32Cl3N3O2S/c1-20(2,3)29-19(28)26-16(15-30-18-7-5-4-6-8-18)9-11-27-12-10-25-17(14-27)13-21(22,23)24/h4-8,16-17,25H,9-15H2,1-3H3,(H,26,28)/t16?,17-/m1/s1. The number of nitrogens with zero attached hydrogens (tertiary/aromatic N) is 1. The Kier molecular flexibility index (Phi) is 10.4. The summed E-state index contributed by atoms with van der Waals surface area (Å²) in [6, 6.07) is 10.3. The van der Waals surface area contributed by atoms with Gasteiger partial charge in [-0.1, -0.05) is 53.0 Å². The average Bonchev–Trinajstić information content (AvgIpc) is 2.62. The predicted molar refractivity (Wildman–Crippen MR) is 128 cm³/mol. The Bertz CT molecular complexity index is 653. The monoisotopic (exact) mass is 495 g/mol. The lowest BCUT2D eigenvalue weighted by atomic mass is 10.1. The van der Waals surface area contributed by atoms with Gasteiger partial charge in [-0.2, -0.15) is 0 Å². The fraction of sp³-hybridized carbons (Fsp3) is 0.667. The van der Waals surface area contributed by atoms with Crippen molar-refractivity contribution in [3.05, 3.63) is 30.3 Å². The largest absolute Gasteiger partial charge is 0.444 e. The quantitative estimate of drug-likeness (QED) is 0.387. The number of amides is 1. The fourth-order valence-corrected chi connectivity index (χ4v) is 4.79. The summed E-state index contributed by atoms with van der Waals surface area (Å²) in [6.45, 7) is 9.06. The highest BCUT2D eigenvalue weighted by molar-refractivity contribution is 7.99. The van der Waals surface area contributed by atoms with E-state index in [0.29, 0.717) is 6.42 Å². The molecule has 2 N–H and O–H groups in total. The van der Waals surface area contributed by atoms with E-state index in [1.807, 2.05) is 39.0 Å². The minimum atomic E-state index is -1.26. The minimum Gasteiger partial charge on any atom is -0.444 e. The second-order valence-electron chi connectivity index (χ2n) is 8.53. The van der Waals surface area contributed by atoms with Crippen LogP contribution in [0.25, 0.3) is 0 Å². The average molecular weight is 497 g/mol. The normalized spacial score (nSPS) is 19.3. The first-order valence-electron chi connectivity index (χ1n) is 10.2. The van der Waals surface area contributed by atoms with E-state index in [9.17, 15) is 4.79 Å². The predicted octanol–water partition coefficient (Wildman–Crippen LogP) is 5.10. The van der Waals surface area contributed by atoms with Crippen LogP contribution in [0.2, 0.25) is 0 Å². The minimum absolute atomic E-state index is 0.00781. The number of piperazine rings is 1. The van der Waals surface area contributed by atoms with Gasteiger partial charge in [-0.05, 0) is 39.3 Å². The van der Waals surface area contributed by atoms with E-state index in [1.165, 1.54) is 4.90 Å². The molecule has 1 unspecified atom stereocenters. The Morgan fingerprint density at radius 3 is 2.63 bits per heavy atom. The maximum Gasteiger partial charge on any atom is 0.407 e. The topological polar surface area (TPSA) is 53.6 Å². The molecule has 5 nitrogen and oxygen atoms in total. The van der Waals surface area contributed by atoms with Gasteiger partial charge in [-0.15, -0.1) is 11.8 Å². The zero-order valence-corrected chi connectivity index (χ0v) is 20.9. The van der Waals surface area contributed by atoms with Crippen LogP contribution in [0.15, 0.2) is 35.2 Å². The number of halogens is 3. The number of carbonyl (C=O) groups excluding carboxylic acids is 1. The van der Waals surface area contributed by atoms with Gasteiger partial charge in [-0.3, -0.25) is 0 Å². The van der Waals surface area contributed by atoms with E-state index in [4.69, 9.17) is 39.5 Å². The molecule has 1 aliphatic heterocycles. The molecule has 1 saturated heterocycles. The molecule has 0 spiro atoms. The summed E-state index contributed by atoms with van der Waals surface area (Å²) in [5.74, 6) is 0.771. The molecule has 0 aromatic heterocycles. The molecule has 2 atom stereocenters. The molecule has 1 amide bonds. The van der Waals surface area contributed by atoms with Crippen molar-refractivity contribution in [2.75, 3.05) is 31.9 Å². The maximum absolute atomic E-state index is 12.3. The van der Waals surface area contributed by atoms with Crippen molar-refractivity contribution in [2.24, 2.45) is 0 Å². The van der Waals surface area contributed by atoms with E-state index < -0.39 is 9.39 Å². The Hall–Kier alpha value is -0.370. The Balaban J connectivity index is 1.90. The van der Waals surface area contributed by atoms with Gasteiger partial charge in [0, 0.05) is 55.3 Å². The van der Waals surface area contributed by atoms with E-state index >= 15 is 0 Å². The first kappa shape index (κ1) is 25.9. The van der Waals surface area contributed by atoms with Crippen molar-refractivity contribution in [1.29, 1.82) is 0 Å². The Morgan fingerprint density at radius 2 is 2.00 bits per heavy atom. The zero-order chi connectivity index (χ0) is 22.2. The number of carbonyl (C=O) groups is 1. The van der Waals surface area contributed by atoms with Crippen LogP contribution in [-0.4, -0.2) is 64.4 Å². The van der Waals surface area contributed by atoms with Crippen LogP contribution in [0.3, 0.4) is 0 Å². The van der Waals surface area contributed by atoms with Gasteiger partial charge >= 0.3 is 6.09 Å². The van der Waals surface area contributed by atoms with Crippen molar-refractivity contribution in [3.8, 4) is 0 Å². The molecule has 1 aliphatic rings. The second-order valence-corrected chi connectivity index (χ2v) is 12.1. The summed E-state index contributed by atoms with van der Waals surface area (Å²) in [5.41, 5.74) is -0.524. The molecule has 0 saturated carbocycles. The summed E-state index contributed by atoms with van der Waals surface area (Å²) in [7, 11) is 0. The number of alkyl halides is 3. The lowest BCUT2D eigenvalue weighted by molar-refractivity contribution is 0.0503. The molecular weight excluding hydrogens is 465 g/mol. The number of hydrogen-bond donors (Lipinski definition) is 2. The van der Waals surface area contributed by atoms with E-state index in [2.05, 4.69) is 27.7 Å². The van der Waals surface area contributed by atoms with Gasteiger partial charge in [0.25, 0.3) is 0 Å². The maximum atomic E-state index is 12.3. The first-order chi connectivity index (χ1) is 14.0. The molecule has 1 aromatic rings. The molecule has 0 bridgehead atoms. The van der Waals surface area contributed by atoms with Crippen LogP contribution < -0.4 is 10.6 Å². The molecule has 0 radical (unpaired) electrons. The van der Waals surface area contributed by atoms with Gasteiger partial charge in [0.1, 0.15) is 5.60 Å². The fourth-order valence-electron chi connectivity index (χ4n) is 3.24. The first-order valence-corrected chi connectivity index (χ1v) is 12.3. The summed E-state index contributed by atoms with van der Waals surface area (Å²) < 4.78 is 4.20. The molecule has 1 fully saturated rings. The van der Waals surface area contributed by atoms with Crippen LogP contribution in [0.5, 0.6) is 0 Å². The SMILES string of the molecule is CC(C)(C)OC(=O)NC(CCN1CCN[C@H](CC(Cl)(Cl)Cl)C1)CSc1ccccc1. The van der Waals surface area contributed by atoms with E-state index in [0.717, 1.165) is 38.4 Å². The van der Waals surface area contributed by atoms with Crippen LogP contribution in [0.4, 0.5) is 4.79 Å². The summed E-state index contributed by atoms with van der Waals surface area (Å²) in [6.07, 6.45) is 0.910. The lowest BCUT2D eigenvalue weighted by Gasteiger charge is -2.35. The summed E-state index contributed by atoms with van der Waals surface area (Å²) >= 11 is 19.6. The highest BCUT2D eigenvalue weighted by Gasteiger charge is 2.29. The molecule has 1 aromatic carbocycles. The highest BCUT2D eigenvalue weighted by Crippen LogP contribution is 2.32. The second kappa shape index (κ2) is 12.0. The van der Waals surface area contributed by atoms with Gasteiger partial charge in [0.05, 0.1) is 0 Å². The summed E-state index contributed by atoms with van der Waals surface area (Å²) in [5, 5.41) is 6.45. The van der Waals surface area contributed by atoms with Gasteiger partial charge in [-0.25, -0.2) is 4.79 Å². The molecule has 2 rings (SSSR count). The molecule has 30 heavy (non-hydrogen) atoms. The number of hydrogen-bond acceptors (Lipinski definition) is 5. The third-order valence-electron chi connectivity index (χ3n) is 4.53. The number of thioether (sulfide) groups is 1. The molecular formula is C21H32Cl3N3O2S. The Labute approximate surface area is 199 Å². The third-order valence-corrected chi connectivity index (χ3v) is 6.16. The molecule has 0 aliphatic carbocycles. The number of nitrogens with one attached hydrogen (secondary N) is 2. The van der Waals surface area contributed by atoms with Crippen molar-refractivity contribution in [2.45, 2.75) is 60.0 Å². The van der Waals surface area contributed by atoms with Crippen molar-refractivity contribution >= 4 is 52.7 Å². The number of benzene rings is 1. The van der Waals surface area contributed by atoms with Crippen molar-refractivity contribution in [3.63, 3.8) is 0 Å². The lowest BCUT2D eigenvalue weighted by Crippen LogP contribution is -2.52. The third kappa shape index (κ3) is 11.3. The smallest absolute Gasteiger partial charge is 0.407 e. The zero-order valence-electron chi connectivity index (χ0n) is 17.8. The van der Waals surface area contributed by atoms with E-state index in [1.54, 1.807) is 11.8 Å². The van der Waals surface area contributed by atoms with Gasteiger partial charge in [0.2, 0.25) is 0 Å². The number of ether oxygens (including phenoxy) is 1. The molecule has 170 valence electrons. The number of rotatable bonds is 8. The van der Waals surface area contributed by atoms with Crippen LogP contribution in [0, 0.1) is 0 Å². The number of alkyl carbamates (subject to hydrolysis) is 1. The highest BCUT2D eigenvalue weighted by atomic mass is 35.6. The van der Waals surface area contributed by atoms with Crippen LogP contribution >= 0.6 is 46.6 Å². The van der Waals surface area contributed by atoms with Crippen molar-refractivity contribution in [1.82, 2.24) is 15.5 Å². The van der Waals surface area contributed by atoms with Crippen LogP contribution in [-0.2, 0) is 4.74 Å². The van der Waals surface area contributed by atoms with E-state index in [-0.39, 0.29) is 18.2 Å². The van der Waals surface area contributed by atoms with Crippen molar-refractivity contribution < 1.29 is 9.53 Å². The summed E-state index contributed by atoms with van der Waals surface area (Å²) in [4.78, 5) is 15.9. The van der Waals surface area contributed by atoms with Crippen LogP contribution in [0.1, 0.15) is 33.6 Å². The molecule has 1 heterocycles.